The summed E-state index contributed by atoms with van der Waals surface area (Å²) in [5.41, 5.74) is 4.41. The highest BCUT2D eigenvalue weighted by atomic mass is 35.5. The van der Waals surface area contributed by atoms with Crippen molar-refractivity contribution in [1.29, 1.82) is 0 Å². The van der Waals surface area contributed by atoms with E-state index in [2.05, 4.69) is 17.9 Å². The molecule has 0 saturated carbocycles. The fourth-order valence-electron chi connectivity index (χ4n) is 3.16. The summed E-state index contributed by atoms with van der Waals surface area (Å²) in [4.78, 5) is 2.24. The van der Waals surface area contributed by atoms with E-state index in [9.17, 15) is 5.11 Å². The van der Waals surface area contributed by atoms with Crippen LogP contribution in [0.2, 0.25) is 10.0 Å². The van der Waals surface area contributed by atoms with Crippen molar-refractivity contribution in [1.82, 2.24) is 0 Å². The summed E-state index contributed by atoms with van der Waals surface area (Å²) in [5.74, 6) is 0. The first kappa shape index (κ1) is 14.7. The van der Waals surface area contributed by atoms with E-state index in [1.165, 1.54) is 11.1 Å². The lowest BCUT2D eigenvalue weighted by Crippen LogP contribution is -2.34. The van der Waals surface area contributed by atoms with Gasteiger partial charge in [-0.1, -0.05) is 47.5 Å². The van der Waals surface area contributed by atoms with E-state index in [1.54, 1.807) is 0 Å². The predicted molar refractivity (Wildman–Crippen MR) is 88.3 cm³/mol. The third kappa shape index (κ3) is 2.52. The number of hydrogen-bond acceptors (Lipinski definition) is 2. The van der Waals surface area contributed by atoms with Gasteiger partial charge in [0.25, 0.3) is 0 Å². The zero-order valence-corrected chi connectivity index (χ0v) is 13.3. The first-order chi connectivity index (χ1) is 10.1. The molecule has 2 aromatic rings. The van der Waals surface area contributed by atoms with Gasteiger partial charge in [0.05, 0.1) is 28.4 Å². The molecule has 0 bridgehead atoms. The molecule has 0 radical (unpaired) electrons. The highest BCUT2D eigenvalue weighted by Crippen LogP contribution is 2.41. The van der Waals surface area contributed by atoms with Crippen LogP contribution in [0.25, 0.3) is 0 Å². The van der Waals surface area contributed by atoms with Crippen molar-refractivity contribution >= 4 is 28.9 Å². The molecular weight excluding hydrogens is 305 g/mol. The van der Waals surface area contributed by atoms with Gasteiger partial charge in [-0.2, -0.15) is 0 Å². The van der Waals surface area contributed by atoms with Crippen LogP contribution in [-0.2, 0) is 13.0 Å². The number of anilines is 1. The number of halogens is 2. The second-order valence-corrected chi connectivity index (χ2v) is 6.15. The number of aliphatic hydroxyl groups excluding tert-OH is 1. The molecule has 1 N–H and O–H groups in total. The maximum absolute atomic E-state index is 9.50. The lowest BCUT2D eigenvalue weighted by molar-refractivity contribution is 0.280. The Balaban J connectivity index is 2.05. The molecule has 0 spiro atoms. The Kier molecular flexibility index (Phi) is 4.12. The molecule has 1 atom stereocenters. The average Bonchev–Trinajstić information content (AvgIpc) is 2.48. The molecular formula is C17H17Cl2NO. The second kappa shape index (κ2) is 5.88. The zero-order chi connectivity index (χ0) is 15.0. The molecule has 4 heteroatoms. The van der Waals surface area contributed by atoms with E-state index >= 15 is 0 Å². The summed E-state index contributed by atoms with van der Waals surface area (Å²) < 4.78 is 0. The minimum atomic E-state index is 0.0861. The van der Waals surface area contributed by atoms with Crippen LogP contribution in [0, 0.1) is 0 Å². The average molecular weight is 322 g/mol. The fraction of sp³-hybridized carbons (Fsp3) is 0.294. The smallest absolute Gasteiger partial charge is 0.0750 e. The van der Waals surface area contributed by atoms with E-state index in [0.717, 1.165) is 24.2 Å². The number of para-hydroxylation sites is 1. The highest BCUT2D eigenvalue weighted by Gasteiger charge is 2.27. The molecule has 2 aromatic carbocycles. The van der Waals surface area contributed by atoms with Gasteiger partial charge < -0.3 is 10.0 Å². The SMILES string of the molecule is C[C@H]1c2cccc(CO)c2CCN1c1c(Cl)cccc1Cl. The van der Waals surface area contributed by atoms with Gasteiger partial charge in [0.1, 0.15) is 0 Å². The number of nitrogens with zero attached hydrogens (tertiary/aromatic N) is 1. The monoisotopic (exact) mass is 321 g/mol. The van der Waals surface area contributed by atoms with Crippen LogP contribution >= 0.6 is 23.2 Å². The first-order valence-corrected chi connectivity index (χ1v) is 7.81. The van der Waals surface area contributed by atoms with E-state index < -0.39 is 0 Å². The van der Waals surface area contributed by atoms with Gasteiger partial charge in [-0.15, -0.1) is 0 Å². The maximum Gasteiger partial charge on any atom is 0.0750 e. The van der Waals surface area contributed by atoms with Crippen LogP contribution in [0.3, 0.4) is 0 Å². The number of fused-ring (bicyclic) bond motifs is 1. The quantitative estimate of drug-likeness (QED) is 0.873. The van der Waals surface area contributed by atoms with Gasteiger partial charge in [-0.3, -0.25) is 0 Å². The molecule has 2 nitrogen and oxygen atoms in total. The fourth-order valence-corrected chi connectivity index (χ4v) is 3.78. The molecule has 1 aliphatic rings. The highest BCUT2D eigenvalue weighted by molar-refractivity contribution is 6.39. The van der Waals surface area contributed by atoms with E-state index in [-0.39, 0.29) is 12.6 Å². The second-order valence-electron chi connectivity index (χ2n) is 5.33. The molecule has 0 amide bonds. The van der Waals surface area contributed by atoms with Crippen LogP contribution in [0.4, 0.5) is 5.69 Å². The molecule has 0 aliphatic carbocycles. The topological polar surface area (TPSA) is 23.5 Å². The Morgan fingerprint density at radius 2 is 1.81 bits per heavy atom. The molecule has 110 valence electrons. The minimum absolute atomic E-state index is 0.0861. The van der Waals surface area contributed by atoms with E-state index in [4.69, 9.17) is 23.2 Å². The van der Waals surface area contributed by atoms with E-state index in [1.807, 2.05) is 30.3 Å². The Hall–Kier alpha value is -1.22. The first-order valence-electron chi connectivity index (χ1n) is 7.05. The van der Waals surface area contributed by atoms with Crippen molar-refractivity contribution in [2.24, 2.45) is 0 Å². The van der Waals surface area contributed by atoms with Crippen LogP contribution in [0.1, 0.15) is 29.7 Å². The number of benzene rings is 2. The van der Waals surface area contributed by atoms with Crippen molar-refractivity contribution in [3.05, 3.63) is 63.1 Å². The maximum atomic E-state index is 9.50. The minimum Gasteiger partial charge on any atom is -0.392 e. The van der Waals surface area contributed by atoms with Crippen molar-refractivity contribution in [3.63, 3.8) is 0 Å². The Labute approximate surface area is 134 Å². The summed E-state index contributed by atoms with van der Waals surface area (Å²) in [6.45, 7) is 3.08. The lowest BCUT2D eigenvalue weighted by atomic mass is 9.89. The molecule has 3 rings (SSSR count). The normalized spacial score (nSPS) is 17.7. The van der Waals surface area contributed by atoms with Crippen molar-refractivity contribution < 1.29 is 5.11 Å². The molecule has 21 heavy (non-hydrogen) atoms. The van der Waals surface area contributed by atoms with Crippen LogP contribution in [0.15, 0.2) is 36.4 Å². The van der Waals surface area contributed by atoms with Crippen LogP contribution < -0.4 is 4.90 Å². The summed E-state index contributed by atoms with van der Waals surface area (Å²) >= 11 is 12.7. The zero-order valence-electron chi connectivity index (χ0n) is 11.8. The standard InChI is InChI=1S/C17H17Cl2NO/c1-11-13-5-2-4-12(10-21)14(13)8-9-20(11)17-15(18)6-3-7-16(17)19/h2-7,11,21H,8-10H2,1H3/t11-/m0/s1. The number of aliphatic hydroxyl groups is 1. The van der Waals surface area contributed by atoms with Gasteiger partial charge in [0.2, 0.25) is 0 Å². The summed E-state index contributed by atoms with van der Waals surface area (Å²) in [7, 11) is 0. The van der Waals surface area contributed by atoms with E-state index in [0.29, 0.717) is 10.0 Å². The van der Waals surface area contributed by atoms with Gasteiger partial charge in [-0.25, -0.2) is 0 Å². The summed E-state index contributed by atoms with van der Waals surface area (Å²) in [6.07, 6.45) is 0.887. The Bertz CT molecular complexity index is 652. The van der Waals surface area contributed by atoms with Gasteiger partial charge >= 0.3 is 0 Å². The molecule has 0 aromatic heterocycles. The summed E-state index contributed by atoms with van der Waals surface area (Å²) in [6, 6.07) is 11.9. The summed E-state index contributed by atoms with van der Waals surface area (Å²) in [5, 5.41) is 10.8. The third-order valence-electron chi connectivity index (χ3n) is 4.22. The Morgan fingerprint density at radius 1 is 1.14 bits per heavy atom. The molecule has 0 fully saturated rings. The number of hydrogen-bond donors (Lipinski definition) is 1. The Morgan fingerprint density at radius 3 is 2.48 bits per heavy atom. The predicted octanol–water partition coefficient (Wildman–Crippen LogP) is 4.61. The van der Waals surface area contributed by atoms with Crippen molar-refractivity contribution in [3.8, 4) is 0 Å². The lowest BCUT2D eigenvalue weighted by Gasteiger charge is -2.38. The molecule has 0 saturated heterocycles. The largest absolute Gasteiger partial charge is 0.392 e. The van der Waals surface area contributed by atoms with Crippen molar-refractivity contribution in [2.45, 2.75) is 26.0 Å². The van der Waals surface area contributed by atoms with Gasteiger partial charge in [0, 0.05) is 6.54 Å². The van der Waals surface area contributed by atoms with Crippen LogP contribution in [0.5, 0.6) is 0 Å². The van der Waals surface area contributed by atoms with Gasteiger partial charge in [-0.05, 0) is 42.2 Å². The molecule has 1 heterocycles. The third-order valence-corrected chi connectivity index (χ3v) is 4.83. The molecule has 1 aliphatic heterocycles. The van der Waals surface area contributed by atoms with Crippen LogP contribution in [-0.4, -0.2) is 11.7 Å². The van der Waals surface area contributed by atoms with Gasteiger partial charge in [0.15, 0.2) is 0 Å². The molecule has 0 unspecified atom stereocenters. The number of rotatable bonds is 2. The van der Waals surface area contributed by atoms with Crippen molar-refractivity contribution in [2.75, 3.05) is 11.4 Å².